The van der Waals surface area contributed by atoms with Crippen molar-refractivity contribution in [2.24, 2.45) is 0 Å². The number of benzene rings is 1. The number of hydrogen-bond donors (Lipinski definition) is 0. The van der Waals surface area contributed by atoms with Crippen molar-refractivity contribution < 1.29 is 13.2 Å². The summed E-state index contributed by atoms with van der Waals surface area (Å²) in [6.45, 7) is 1.59. The number of pyridine rings is 1. The summed E-state index contributed by atoms with van der Waals surface area (Å²) in [5, 5.41) is 1.31. The maximum atomic E-state index is 12.9. The number of hydrogen-bond acceptors (Lipinski definition) is 4. The van der Waals surface area contributed by atoms with E-state index in [0.29, 0.717) is 11.3 Å². The Bertz CT molecular complexity index is 904. The summed E-state index contributed by atoms with van der Waals surface area (Å²) in [6.07, 6.45) is 2.40. The van der Waals surface area contributed by atoms with Crippen LogP contribution in [0.1, 0.15) is 30.0 Å². The molecular formula is C19H17F3N4. The van der Waals surface area contributed by atoms with Gasteiger partial charge in [0.25, 0.3) is 0 Å². The summed E-state index contributed by atoms with van der Waals surface area (Å²) in [4.78, 5) is 14.9. The SMILES string of the molecule is FC(F)(F)c1ccc2c(N3CCC(c4ccncn4)CC3)nccc2c1. The molecule has 0 amide bonds. The average molecular weight is 358 g/mol. The molecule has 1 fully saturated rings. The van der Waals surface area contributed by atoms with Gasteiger partial charge in [-0.15, -0.1) is 0 Å². The molecule has 0 N–H and O–H groups in total. The molecule has 1 aliphatic heterocycles. The summed E-state index contributed by atoms with van der Waals surface area (Å²) in [6, 6.07) is 7.41. The van der Waals surface area contributed by atoms with Crippen molar-refractivity contribution in [2.45, 2.75) is 24.9 Å². The van der Waals surface area contributed by atoms with E-state index in [0.717, 1.165) is 48.9 Å². The minimum atomic E-state index is -4.34. The normalized spacial score (nSPS) is 16.2. The molecule has 134 valence electrons. The monoisotopic (exact) mass is 358 g/mol. The van der Waals surface area contributed by atoms with Gasteiger partial charge in [0.1, 0.15) is 12.1 Å². The quantitative estimate of drug-likeness (QED) is 0.680. The Morgan fingerprint density at radius 1 is 0.962 bits per heavy atom. The van der Waals surface area contributed by atoms with Crippen molar-refractivity contribution in [2.75, 3.05) is 18.0 Å². The van der Waals surface area contributed by atoms with E-state index in [1.54, 1.807) is 24.8 Å². The van der Waals surface area contributed by atoms with Crippen molar-refractivity contribution in [1.82, 2.24) is 15.0 Å². The molecule has 3 aromatic rings. The molecule has 4 nitrogen and oxygen atoms in total. The molecule has 0 unspecified atom stereocenters. The van der Waals surface area contributed by atoms with Gasteiger partial charge in [-0.05, 0) is 42.5 Å². The van der Waals surface area contributed by atoms with E-state index in [2.05, 4.69) is 19.9 Å². The van der Waals surface area contributed by atoms with Crippen LogP contribution in [0.15, 0.2) is 49.1 Å². The minimum absolute atomic E-state index is 0.376. The summed E-state index contributed by atoms with van der Waals surface area (Å²) < 4.78 is 38.8. The third-order valence-corrected chi connectivity index (χ3v) is 4.89. The van der Waals surface area contributed by atoms with E-state index in [1.165, 1.54) is 12.1 Å². The van der Waals surface area contributed by atoms with Crippen molar-refractivity contribution in [1.29, 1.82) is 0 Å². The summed E-state index contributed by atoms with van der Waals surface area (Å²) in [7, 11) is 0. The lowest BCUT2D eigenvalue weighted by Gasteiger charge is -2.33. The Labute approximate surface area is 148 Å². The van der Waals surface area contributed by atoms with Gasteiger partial charge in [0, 0.05) is 42.5 Å². The fourth-order valence-electron chi connectivity index (χ4n) is 3.52. The lowest BCUT2D eigenvalue weighted by atomic mass is 9.93. The van der Waals surface area contributed by atoms with Crippen molar-refractivity contribution in [3.8, 4) is 0 Å². The van der Waals surface area contributed by atoms with Crippen LogP contribution in [0.25, 0.3) is 10.8 Å². The van der Waals surface area contributed by atoms with Crippen LogP contribution >= 0.6 is 0 Å². The van der Waals surface area contributed by atoms with E-state index in [-0.39, 0.29) is 0 Å². The second kappa shape index (κ2) is 6.55. The van der Waals surface area contributed by atoms with Gasteiger partial charge in [-0.1, -0.05) is 6.07 Å². The number of fused-ring (bicyclic) bond motifs is 1. The van der Waals surface area contributed by atoms with Gasteiger partial charge < -0.3 is 4.90 Å². The predicted molar refractivity (Wildman–Crippen MR) is 93.0 cm³/mol. The zero-order chi connectivity index (χ0) is 18.1. The van der Waals surface area contributed by atoms with Crippen LogP contribution in [0.4, 0.5) is 19.0 Å². The number of aromatic nitrogens is 3. The third-order valence-electron chi connectivity index (χ3n) is 4.89. The standard InChI is InChI=1S/C19H17F3N4/c20-19(21,22)15-1-2-16-14(11-15)3-8-24-18(16)26-9-5-13(6-10-26)17-4-7-23-12-25-17/h1-4,7-8,11-13H,5-6,9-10H2. The highest BCUT2D eigenvalue weighted by Crippen LogP contribution is 2.35. The van der Waals surface area contributed by atoms with E-state index in [9.17, 15) is 13.2 Å². The predicted octanol–water partition coefficient (Wildman–Crippen LogP) is 4.43. The average Bonchev–Trinajstić information content (AvgIpc) is 2.67. The molecule has 0 spiro atoms. The van der Waals surface area contributed by atoms with E-state index >= 15 is 0 Å². The van der Waals surface area contributed by atoms with Gasteiger partial charge in [0.15, 0.2) is 0 Å². The molecular weight excluding hydrogens is 341 g/mol. The van der Waals surface area contributed by atoms with E-state index < -0.39 is 11.7 Å². The summed E-state index contributed by atoms with van der Waals surface area (Å²) >= 11 is 0. The number of nitrogens with zero attached hydrogens (tertiary/aromatic N) is 4. The Balaban J connectivity index is 1.58. The molecule has 0 bridgehead atoms. The molecule has 3 heterocycles. The minimum Gasteiger partial charge on any atom is -0.356 e. The van der Waals surface area contributed by atoms with E-state index in [4.69, 9.17) is 0 Å². The second-order valence-corrected chi connectivity index (χ2v) is 6.46. The largest absolute Gasteiger partial charge is 0.416 e. The van der Waals surface area contributed by atoms with Crippen molar-refractivity contribution in [3.05, 3.63) is 60.3 Å². The van der Waals surface area contributed by atoms with Gasteiger partial charge in [-0.2, -0.15) is 13.2 Å². The van der Waals surface area contributed by atoms with E-state index in [1.807, 2.05) is 6.07 Å². The van der Waals surface area contributed by atoms with Crippen LogP contribution < -0.4 is 4.90 Å². The lowest BCUT2D eigenvalue weighted by molar-refractivity contribution is -0.137. The molecule has 4 rings (SSSR count). The molecule has 1 aromatic carbocycles. The summed E-state index contributed by atoms with van der Waals surface area (Å²) in [5.74, 6) is 1.12. The Morgan fingerprint density at radius 3 is 2.46 bits per heavy atom. The number of anilines is 1. The topological polar surface area (TPSA) is 41.9 Å². The van der Waals surface area contributed by atoms with Gasteiger partial charge in [-0.3, -0.25) is 0 Å². The first-order valence-electron chi connectivity index (χ1n) is 8.49. The maximum absolute atomic E-state index is 12.9. The lowest BCUT2D eigenvalue weighted by Crippen LogP contribution is -2.33. The van der Waals surface area contributed by atoms with Crippen LogP contribution in [0, 0.1) is 0 Å². The molecule has 0 radical (unpaired) electrons. The van der Waals surface area contributed by atoms with Crippen molar-refractivity contribution >= 4 is 16.6 Å². The van der Waals surface area contributed by atoms with Gasteiger partial charge >= 0.3 is 6.18 Å². The molecule has 7 heteroatoms. The van der Waals surface area contributed by atoms with Crippen LogP contribution in [0.5, 0.6) is 0 Å². The van der Waals surface area contributed by atoms with Crippen LogP contribution in [-0.4, -0.2) is 28.0 Å². The second-order valence-electron chi connectivity index (χ2n) is 6.46. The zero-order valence-corrected chi connectivity index (χ0v) is 13.9. The number of rotatable bonds is 2. The number of piperidine rings is 1. The molecule has 1 saturated heterocycles. The number of halogens is 3. The first-order chi connectivity index (χ1) is 12.5. The zero-order valence-electron chi connectivity index (χ0n) is 13.9. The summed E-state index contributed by atoms with van der Waals surface area (Å²) in [5.41, 5.74) is 0.407. The van der Waals surface area contributed by atoms with Crippen LogP contribution in [0.3, 0.4) is 0 Å². The highest BCUT2D eigenvalue weighted by atomic mass is 19.4. The fourth-order valence-corrected chi connectivity index (χ4v) is 3.52. The first kappa shape index (κ1) is 16.8. The van der Waals surface area contributed by atoms with Crippen LogP contribution in [0.2, 0.25) is 0 Å². The molecule has 26 heavy (non-hydrogen) atoms. The van der Waals surface area contributed by atoms with Crippen molar-refractivity contribution in [3.63, 3.8) is 0 Å². The van der Waals surface area contributed by atoms with Gasteiger partial charge in [-0.25, -0.2) is 15.0 Å². The Kier molecular flexibility index (Phi) is 4.22. The highest BCUT2D eigenvalue weighted by Gasteiger charge is 2.31. The Morgan fingerprint density at radius 2 is 1.77 bits per heavy atom. The molecule has 2 aromatic heterocycles. The van der Waals surface area contributed by atoms with Gasteiger partial charge in [0.05, 0.1) is 5.56 Å². The van der Waals surface area contributed by atoms with Crippen LogP contribution in [-0.2, 0) is 6.18 Å². The molecule has 0 atom stereocenters. The third kappa shape index (κ3) is 3.21. The molecule has 0 aliphatic carbocycles. The number of alkyl halides is 3. The van der Waals surface area contributed by atoms with Gasteiger partial charge in [0.2, 0.25) is 0 Å². The molecule has 1 aliphatic rings. The first-order valence-corrected chi connectivity index (χ1v) is 8.49. The Hall–Kier alpha value is -2.70. The molecule has 0 saturated carbocycles. The maximum Gasteiger partial charge on any atom is 0.416 e. The smallest absolute Gasteiger partial charge is 0.356 e. The highest BCUT2D eigenvalue weighted by molar-refractivity contribution is 5.92. The fraction of sp³-hybridized carbons (Fsp3) is 0.316.